The van der Waals surface area contributed by atoms with Gasteiger partial charge in [0.25, 0.3) is 0 Å². The number of aromatic amines is 1. The molecule has 7 nitrogen and oxygen atoms in total. The van der Waals surface area contributed by atoms with Crippen molar-refractivity contribution >= 4 is 21.8 Å². The van der Waals surface area contributed by atoms with Crippen molar-refractivity contribution in [1.82, 2.24) is 4.98 Å². The third-order valence-corrected chi connectivity index (χ3v) is 4.06. The predicted molar refractivity (Wildman–Crippen MR) is 82.2 cm³/mol. The van der Waals surface area contributed by atoms with Crippen LogP contribution in [-0.4, -0.2) is 31.8 Å². The first-order valence-corrected chi connectivity index (χ1v) is 8.35. The summed E-state index contributed by atoms with van der Waals surface area (Å²) in [6.45, 7) is -0.316. The van der Waals surface area contributed by atoms with E-state index in [0.29, 0.717) is 12.1 Å². The van der Waals surface area contributed by atoms with Crippen LogP contribution in [0.15, 0.2) is 47.5 Å². The number of H-pyrrole nitrogens is 1. The van der Waals surface area contributed by atoms with Crippen LogP contribution in [0.5, 0.6) is 0 Å². The number of aromatic nitrogens is 1. The number of carbonyl (C=O) groups excluding carboxylic acids is 2. The molecule has 0 aliphatic rings. The van der Waals surface area contributed by atoms with Crippen LogP contribution in [0.3, 0.4) is 0 Å². The molecule has 1 aromatic heterocycles. The molecule has 8 heteroatoms. The lowest BCUT2D eigenvalue weighted by Crippen LogP contribution is -2.15. The molecule has 0 aliphatic heterocycles. The van der Waals surface area contributed by atoms with Gasteiger partial charge in [-0.3, -0.25) is 9.59 Å². The quantitative estimate of drug-likeness (QED) is 0.578. The second-order valence-corrected chi connectivity index (χ2v) is 6.42. The topological polar surface area (TPSA) is 119 Å². The average molecular weight is 336 g/mol. The Hall–Kier alpha value is -2.45. The number of ketones is 1. The van der Waals surface area contributed by atoms with Crippen molar-refractivity contribution < 1.29 is 22.7 Å². The van der Waals surface area contributed by atoms with E-state index in [2.05, 4.69) is 4.98 Å². The highest BCUT2D eigenvalue weighted by Crippen LogP contribution is 2.10. The molecule has 0 saturated heterocycles. The Kier molecular flexibility index (Phi) is 5.30. The van der Waals surface area contributed by atoms with Gasteiger partial charge >= 0.3 is 5.97 Å². The first-order valence-electron chi connectivity index (χ1n) is 6.80. The fourth-order valence-corrected chi connectivity index (χ4v) is 2.41. The van der Waals surface area contributed by atoms with Crippen LogP contribution < -0.4 is 5.14 Å². The van der Waals surface area contributed by atoms with Gasteiger partial charge in [-0.1, -0.05) is 12.1 Å². The number of hydrogen-bond donors (Lipinski definition) is 2. The van der Waals surface area contributed by atoms with Crippen molar-refractivity contribution in [1.29, 1.82) is 0 Å². The fourth-order valence-electron chi connectivity index (χ4n) is 1.89. The maximum Gasteiger partial charge on any atom is 0.306 e. The first kappa shape index (κ1) is 16.9. The number of hydrogen-bond acceptors (Lipinski definition) is 5. The molecule has 0 spiro atoms. The van der Waals surface area contributed by atoms with Crippen molar-refractivity contribution in [2.45, 2.75) is 17.7 Å². The Morgan fingerprint density at radius 3 is 2.39 bits per heavy atom. The highest BCUT2D eigenvalue weighted by atomic mass is 32.2. The van der Waals surface area contributed by atoms with Gasteiger partial charge in [-0.15, -0.1) is 0 Å². The molecule has 0 bridgehead atoms. The molecular weight excluding hydrogens is 320 g/mol. The second kappa shape index (κ2) is 7.21. The molecule has 1 aromatic carbocycles. The molecule has 2 rings (SSSR count). The number of esters is 1. The summed E-state index contributed by atoms with van der Waals surface area (Å²) in [5.74, 6) is -0.804. The number of nitrogens with two attached hydrogens (primary N) is 1. The second-order valence-electron chi connectivity index (χ2n) is 4.86. The number of carbonyl (C=O) groups is 2. The zero-order valence-corrected chi connectivity index (χ0v) is 13.0. The number of aryl methyl sites for hydroxylation is 1. The minimum absolute atomic E-state index is 0.0142. The van der Waals surface area contributed by atoms with Crippen molar-refractivity contribution in [3.63, 3.8) is 0 Å². The Bertz CT molecular complexity index is 780. The van der Waals surface area contributed by atoms with Crippen LogP contribution in [0.1, 0.15) is 22.5 Å². The van der Waals surface area contributed by atoms with E-state index < -0.39 is 16.0 Å². The highest BCUT2D eigenvalue weighted by molar-refractivity contribution is 7.89. The third kappa shape index (κ3) is 5.04. The Morgan fingerprint density at radius 2 is 1.83 bits per heavy atom. The number of primary sulfonamides is 1. The van der Waals surface area contributed by atoms with Crippen LogP contribution >= 0.6 is 0 Å². The molecule has 0 saturated carbocycles. The highest BCUT2D eigenvalue weighted by Gasteiger charge is 2.11. The molecule has 2 aromatic rings. The van der Waals surface area contributed by atoms with E-state index in [-0.39, 0.29) is 23.7 Å². The molecular formula is C15H16N2O5S. The molecule has 0 radical (unpaired) electrons. The van der Waals surface area contributed by atoms with Gasteiger partial charge in [-0.25, -0.2) is 13.6 Å². The van der Waals surface area contributed by atoms with Gasteiger partial charge in [0.1, 0.15) is 0 Å². The van der Waals surface area contributed by atoms with Gasteiger partial charge in [-0.05, 0) is 36.2 Å². The largest absolute Gasteiger partial charge is 0.457 e. The molecule has 0 amide bonds. The van der Waals surface area contributed by atoms with Gasteiger partial charge in [-0.2, -0.15) is 0 Å². The number of Topliss-reactive ketones (excluding diaryl/α,β-unsaturated/α-hetero) is 1. The summed E-state index contributed by atoms with van der Waals surface area (Å²) >= 11 is 0. The summed E-state index contributed by atoms with van der Waals surface area (Å²) in [6, 6.07) is 9.20. The standard InChI is InChI=1S/C15H16N2O5S/c16-23(20,21)12-6-3-11(4-7-12)5-8-15(19)22-10-14(18)13-2-1-9-17-13/h1-4,6-7,9,17H,5,8,10H2,(H2,16,20,21). The van der Waals surface area contributed by atoms with Crippen molar-refractivity contribution in [2.75, 3.05) is 6.61 Å². The molecule has 0 fully saturated rings. The zero-order chi connectivity index (χ0) is 16.9. The fraction of sp³-hybridized carbons (Fsp3) is 0.200. The number of rotatable bonds is 7. The van der Waals surface area contributed by atoms with Gasteiger partial charge in [0, 0.05) is 12.6 Å². The smallest absolute Gasteiger partial charge is 0.306 e. The van der Waals surface area contributed by atoms with E-state index in [4.69, 9.17) is 9.88 Å². The summed E-state index contributed by atoms with van der Waals surface area (Å²) in [5, 5.41) is 5.00. The number of benzene rings is 1. The molecule has 1 heterocycles. The lowest BCUT2D eigenvalue weighted by atomic mass is 10.1. The van der Waals surface area contributed by atoms with Crippen LogP contribution in [0.25, 0.3) is 0 Å². The molecule has 3 N–H and O–H groups in total. The average Bonchev–Trinajstić information content (AvgIpc) is 3.04. The predicted octanol–water partition coefficient (Wildman–Crippen LogP) is 1.02. The van der Waals surface area contributed by atoms with Gasteiger partial charge < -0.3 is 9.72 Å². The molecule has 122 valence electrons. The van der Waals surface area contributed by atoms with E-state index >= 15 is 0 Å². The Morgan fingerprint density at radius 1 is 1.13 bits per heavy atom. The van der Waals surface area contributed by atoms with Crippen LogP contribution in [0.4, 0.5) is 0 Å². The molecule has 23 heavy (non-hydrogen) atoms. The number of sulfonamides is 1. The van der Waals surface area contributed by atoms with Crippen LogP contribution in [0, 0.1) is 0 Å². The number of ether oxygens (including phenoxy) is 1. The Labute approximate surface area is 133 Å². The Balaban J connectivity index is 1.79. The summed E-state index contributed by atoms with van der Waals surface area (Å²) in [5.41, 5.74) is 1.15. The molecule has 0 atom stereocenters. The van der Waals surface area contributed by atoms with Gasteiger partial charge in [0.2, 0.25) is 15.8 Å². The lowest BCUT2D eigenvalue weighted by Gasteiger charge is -2.04. The minimum Gasteiger partial charge on any atom is -0.457 e. The maximum atomic E-state index is 11.6. The monoisotopic (exact) mass is 336 g/mol. The van der Waals surface area contributed by atoms with E-state index in [1.165, 1.54) is 12.1 Å². The zero-order valence-electron chi connectivity index (χ0n) is 12.2. The SMILES string of the molecule is NS(=O)(=O)c1ccc(CCC(=O)OCC(=O)c2ccc[nH]2)cc1. The van der Waals surface area contributed by atoms with Crippen molar-refractivity contribution in [3.05, 3.63) is 53.9 Å². The summed E-state index contributed by atoms with van der Waals surface area (Å²) in [7, 11) is -3.72. The van der Waals surface area contributed by atoms with Crippen LogP contribution in [0.2, 0.25) is 0 Å². The van der Waals surface area contributed by atoms with Crippen molar-refractivity contribution in [2.24, 2.45) is 5.14 Å². The minimum atomic E-state index is -3.72. The van der Waals surface area contributed by atoms with E-state index in [0.717, 1.165) is 5.56 Å². The number of nitrogens with one attached hydrogen (secondary N) is 1. The van der Waals surface area contributed by atoms with E-state index in [1.807, 2.05) is 0 Å². The molecule has 0 unspecified atom stereocenters. The lowest BCUT2D eigenvalue weighted by molar-refractivity contribution is -0.142. The van der Waals surface area contributed by atoms with Gasteiger partial charge in [0.05, 0.1) is 10.6 Å². The van der Waals surface area contributed by atoms with E-state index in [1.54, 1.807) is 30.5 Å². The summed E-state index contributed by atoms with van der Waals surface area (Å²) < 4.78 is 27.2. The maximum absolute atomic E-state index is 11.6. The van der Waals surface area contributed by atoms with Crippen molar-refractivity contribution in [3.8, 4) is 0 Å². The summed E-state index contributed by atoms with van der Waals surface area (Å²) in [4.78, 5) is 26.0. The van der Waals surface area contributed by atoms with Gasteiger partial charge in [0.15, 0.2) is 6.61 Å². The van der Waals surface area contributed by atoms with E-state index in [9.17, 15) is 18.0 Å². The third-order valence-electron chi connectivity index (χ3n) is 3.13. The summed E-state index contributed by atoms with van der Waals surface area (Å²) in [6.07, 6.45) is 2.08. The van der Waals surface area contributed by atoms with Crippen LogP contribution in [-0.2, 0) is 26.0 Å². The normalized spacial score (nSPS) is 11.2. The molecule has 0 aliphatic carbocycles. The first-order chi connectivity index (χ1) is 10.9.